The lowest BCUT2D eigenvalue weighted by atomic mass is 10.1. The maximum atomic E-state index is 5.58. The molecule has 0 atom stereocenters. The summed E-state index contributed by atoms with van der Waals surface area (Å²) in [5, 5.41) is 1.13. The van der Waals surface area contributed by atoms with Crippen LogP contribution in [0.15, 0.2) is 30.5 Å². The molecule has 0 amide bonds. The van der Waals surface area contributed by atoms with E-state index in [0.29, 0.717) is 25.0 Å². The third-order valence-electron chi connectivity index (χ3n) is 6.54. The highest BCUT2D eigenvalue weighted by atomic mass is 16.5. The van der Waals surface area contributed by atoms with Gasteiger partial charge >= 0.3 is 0 Å². The van der Waals surface area contributed by atoms with E-state index < -0.39 is 0 Å². The predicted molar refractivity (Wildman–Crippen MR) is 124 cm³/mol. The molecule has 0 radical (unpaired) electrons. The maximum Gasteiger partial charge on any atom is 0.229 e. The molecule has 0 unspecified atom stereocenters. The fraction of sp³-hybridized carbons (Fsp3) is 0.435. The van der Waals surface area contributed by atoms with Crippen LogP contribution in [0.3, 0.4) is 0 Å². The number of nitrogens with one attached hydrogen (secondary N) is 2. The summed E-state index contributed by atoms with van der Waals surface area (Å²) in [4.78, 5) is 26.2. The van der Waals surface area contributed by atoms with Crippen molar-refractivity contribution in [3.05, 3.63) is 30.5 Å². The Balaban J connectivity index is 1.45. The van der Waals surface area contributed by atoms with Gasteiger partial charge in [0.15, 0.2) is 11.5 Å². The molecule has 0 bridgehead atoms. The van der Waals surface area contributed by atoms with Crippen LogP contribution in [0, 0.1) is 0 Å². The number of benzene rings is 1. The minimum absolute atomic E-state index is 0.313. The van der Waals surface area contributed by atoms with E-state index in [1.54, 1.807) is 7.11 Å². The van der Waals surface area contributed by atoms with Crippen LogP contribution in [0.2, 0.25) is 0 Å². The number of H-pyrrole nitrogens is 2. The van der Waals surface area contributed by atoms with Crippen LogP contribution >= 0.6 is 0 Å². The summed E-state index contributed by atoms with van der Waals surface area (Å²) in [5.41, 5.74) is 3.72. The number of imidazole rings is 1. The number of methoxy groups -OCH3 is 1. The number of fused-ring (bicyclic) bond motifs is 2. The van der Waals surface area contributed by atoms with Gasteiger partial charge in [0.1, 0.15) is 11.3 Å². The third-order valence-corrected chi connectivity index (χ3v) is 6.54. The van der Waals surface area contributed by atoms with Gasteiger partial charge in [-0.15, -0.1) is 0 Å². The average Bonchev–Trinajstić information content (AvgIpc) is 3.51. The smallest absolute Gasteiger partial charge is 0.229 e. The number of hydrogen-bond acceptors (Lipinski definition) is 7. The number of ether oxygens (including phenoxy) is 2. The molecule has 0 spiro atoms. The molecule has 6 rings (SSSR count). The lowest BCUT2D eigenvalue weighted by Crippen LogP contribution is -2.39. The topological polar surface area (TPSA) is 95.2 Å². The highest BCUT2D eigenvalue weighted by Crippen LogP contribution is 2.32. The van der Waals surface area contributed by atoms with Crippen LogP contribution in [-0.4, -0.2) is 77.5 Å². The fourth-order valence-corrected chi connectivity index (χ4v) is 4.73. The predicted octanol–water partition coefficient (Wildman–Crippen LogP) is 2.95. The van der Waals surface area contributed by atoms with Crippen LogP contribution in [0.5, 0.6) is 0 Å². The Morgan fingerprint density at radius 2 is 1.84 bits per heavy atom. The summed E-state index contributed by atoms with van der Waals surface area (Å²) in [5.74, 6) is 2.46. The van der Waals surface area contributed by atoms with E-state index >= 15 is 0 Å². The molecular formula is C23H27N7O2. The molecule has 9 heteroatoms. The first-order valence-electron chi connectivity index (χ1n) is 11.2. The molecule has 2 fully saturated rings. The highest BCUT2D eigenvalue weighted by molar-refractivity contribution is 5.96. The van der Waals surface area contributed by atoms with Crippen molar-refractivity contribution in [3.8, 4) is 11.4 Å². The molecular weight excluding hydrogens is 406 g/mol. The molecule has 4 aromatic rings. The van der Waals surface area contributed by atoms with Gasteiger partial charge < -0.3 is 29.2 Å². The standard InChI is InChI=1S/C23H27N7O2/c1-31-15-6-9-30(10-7-15)23-27-21-19(22(28-23)29-11-13-32-14-12-29)25-20(26-21)17-3-2-4-18-16(17)5-8-24-18/h2-5,8,15,24H,6-7,9-14H2,1H3,(H,25,26,27,28). The Morgan fingerprint density at radius 1 is 1.00 bits per heavy atom. The summed E-state index contributed by atoms with van der Waals surface area (Å²) in [6.07, 6.45) is 4.22. The van der Waals surface area contributed by atoms with Gasteiger partial charge in [0.2, 0.25) is 5.95 Å². The Labute approximate surface area is 185 Å². The van der Waals surface area contributed by atoms with Crippen molar-refractivity contribution in [2.45, 2.75) is 18.9 Å². The van der Waals surface area contributed by atoms with Gasteiger partial charge in [-0.05, 0) is 25.0 Å². The molecule has 3 aromatic heterocycles. The van der Waals surface area contributed by atoms with Crippen molar-refractivity contribution < 1.29 is 9.47 Å². The van der Waals surface area contributed by atoms with Crippen LogP contribution in [0.1, 0.15) is 12.8 Å². The number of rotatable bonds is 4. The largest absolute Gasteiger partial charge is 0.381 e. The number of aromatic nitrogens is 5. The summed E-state index contributed by atoms with van der Waals surface area (Å²) in [6, 6.07) is 8.29. The van der Waals surface area contributed by atoms with Crippen LogP contribution < -0.4 is 9.80 Å². The zero-order valence-electron chi connectivity index (χ0n) is 18.2. The number of piperidine rings is 1. The Morgan fingerprint density at radius 3 is 2.66 bits per heavy atom. The van der Waals surface area contributed by atoms with Crippen molar-refractivity contribution in [3.63, 3.8) is 0 Å². The van der Waals surface area contributed by atoms with Crippen LogP contribution in [-0.2, 0) is 9.47 Å². The quantitative estimate of drug-likeness (QED) is 0.511. The van der Waals surface area contributed by atoms with E-state index in [9.17, 15) is 0 Å². The second kappa shape index (κ2) is 8.07. The van der Waals surface area contributed by atoms with E-state index in [4.69, 9.17) is 24.4 Å². The normalized spacial score (nSPS) is 18.2. The number of anilines is 2. The number of aromatic amines is 2. The summed E-state index contributed by atoms with van der Waals surface area (Å²) < 4.78 is 11.1. The van der Waals surface area contributed by atoms with Gasteiger partial charge in [0, 0.05) is 56.0 Å². The van der Waals surface area contributed by atoms with Crippen molar-refractivity contribution in [2.24, 2.45) is 0 Å². The molecule has 2 N–H and O–H groups in total. The first-order chi connectivity index (χ1) is 15.8. The first kappa shape index (κ1) is 19.5. The van der Waals surface area contributed by atoms with Crippen molar-refractivity contribution in [1.29, 1.82) is 0 Å². The minimum Gasteiger partial charge on any atom is -0.381 e. The molecule has 0 aliphatic carbocycles. The van der Waals surface area contributed by atoms with Gasteiger partial charge in [-0.1, -0.05) is 12.1 Å². The number of nitrogens with zero attached hydrogens (tertiary/aromatic N) is 5. The minimum atomic E-state index is 0.313. The van der Waals surface area contributed by atoms with Gasteiger partial charge in [-0.3, -0.25) is 0 Å². The third kappa shape index (κ3) is 3.37. The van der Waals surface area contributed by atoms with E-state index in [1.807, 2.05) is 12.3 Å². The summed E-state index contributed by atoms with van der Waals surface area (Å²) in [7, 11) is 1.79. The van der Waals surface area contributed by atoms with Crippen molar-refractivity contribution >= 4 is 33.8 Å². The number of hydrogen-bond donors (Lipinski definition) is 2. The first-order valence-corrected chi connectivity index (χ1v) is 11.2. The molecule has 5 heterocycles. The number of morpholine rings is 1. The second-order valence-corrected chi connectivity index (χ2v) is 8.40. The second-order valence-electron chi connectivity index (χ2n) is 8.40. The van der Waals surface area contributed by atoms with Gasteiger partial charge in [0.25, 0.3) is 0 Å². The lowest BCUT2D eigenvalue weighted by molar-refractivity contribution is 0.0816. The summed E-state index contributed by atoms with van der Waals surface area (Å²) in [6.45, 7) is 4.77. The fourth-order valence-electron chi connectivity index (χ4n) is 4.73. The Bertz CT molecular complexity index is 1240. The van der Waals surface area contributed by atoms with Crippen molar-refractivity contribution in [2.75, 3.05) is 56.3 Å². The molecule has 2 aliphatic heterocycles. The molecule has 9 nitrogen and oxygen atoms in total. The molecule has 2 aliphatic rings. The van der Waals surface area contributed by atoms with Gasteiger partial charge in [0.05, 0.1) is 19.3 Å². The van der Waals surface area contributed by atoms with E-state index in [2.05, 4.69) is 38.0 Å². The molecule has 1 aromatic carbocycles. The average molecular weight is 434 g/mol. The van der Waals surface area contributed by atoms with E-state index in [1.165, 1.54) is 0 Å². The van der Waals surface area contributed by atoms with Crippen LogP contribution in [0.4, 0.5) is 11.8 Å². The molecule has 0 saturated carbocycles. The molecule has 32 heavy (non-hydrogen) atoms. The maximum absolute atomic E-state index is 5.58. The Hall–Kier alpha value is -3.17. The van der Waals surface area contributed by atoms with Crippen molar-refractivity contribution in [1.82, 2.24) is 24.9 Å². The van der Waals surface area contributed by atoms with E-state index in [0.717, 1.165) is 78.6 Å². The zero-order valence-corrected chi connectivity index (χ0v) is 18.2. The molecule has 166 valence electrons. The van der Waals surface area contributed by atoms with Gasteiger partial charge in [-0.2, -0.15) is 9.97 Å². The lowest BCUT2D eigenvalue weighted by Gasteiger charge is -2.32. The van der Waals surface area contributed by atoms with E-state index in [-0.39, 0.29) is 0 Å². The highest BCUT2D eigenvalue weighted by Gasteiger charge is 2.25. The molecule has 2 saturated heterocycles. The van der Waals surface area contributed by atoms with Crippen LogP contribution in [0.25, 0.3) is 33.5 Å². The summed E-state index contributed by atoms with van der Waals surface area (Å²) >= 11 is 0. The SMILES string of the molecule is COC1CCN(c2nc(N3CCOCC3)c3[nH]c(-c4cccc5[nH]ccc45)nc3n2)CC1. The zero-order chi connectivity index (χ0) is 21.5. The monoisotopic (exact) mass is 433 g/mol. The van der Waals surface area contributed by atoms with Gasteiger partial charge in [-0.25, -0.2) is 4.98 Å². The Kier molecular flexibility index (Phi) is 4.92.